The Morgan fingerprint density at radius 2 is 1.92 bits per heavy atom. The van der Waals surface area contributed by atoms with Crippen molar-refractivity contribution in [2.24, 2.45) is 10.9 Å². The lowest BCUT2D eigenvalue weighted by atomic mass is 9.88. The molecule has 1 aromatic rings. The third-order valence-electron chi connectivity index (χ3n) is 7.33. The molecule has 3 aliphatic rings. The molecule has 1 saturated heterocycles. The van der Waals surface area contributed by atoms with E-state index in [1.807, 2.05) is 0 Å². The van der Waals surface area contributed by atoms with Gasteiger partial charge in [0.1, 0.15) is 11.4 Å². The Bertz CT molecular complexity index is 1190. The first-order valence-corrected chi connectivity index (χ1v) is 15.0. The molecule has 2 fully saturated rings. The van der Waals surface area contributed by atoms with Crippen molar-refractivity contribution in [3.8, 4) is 0 Å². The number of sulfonamides is 1. The van der Waals surface area contributed by atoms with Gasteiger partial charge in [0.25, 0.3) is 5.91 Å². The van der Waals surface area contributed by atoms with E-state index in [1.165, 1.54) is 22.9 Å². The van der Waals surface area contributed by atoms with Gasteiger partial charge in [-0.3, -0.25) is 9.79 Å². The maximum absolute atomic E-state index is 13.8. The van der Waals surface area contributed by atoms with Crippen LogP contribution in [-0.4, -0.2) is 72.7 Å². The molecule has 0 bridgehead atoms. The Kier molecular flexibility index (Phi) is 8.92. The molecule has 0 radical (unpaired) electrons. The normalized spacial score (nSPS) is 21.4. The summed E-state index contributed by atoms with van der Waals surface area (Å²) in [6.07, 6.45) is 2.09. The topological polar surface area (TPSA) is 102 Å². The summed E-state index contributed by atoms with van der Waals surface area (Å²) in [7, 11) is -2.37. The highest BCUT2D eigenvalue weighted by Crippen LogP contribution is 2.37. The Labute approximate surface area is 225 Å². The van der Waals surface area contributed by atoms with Crippen LogP contribution >= 0.6 is 11.9 Å². The first-order chi connectivity index (χ1) is 17.9. The van der Waals surface area contributed by atoms with E-state index in [9.17, 15) is 26.4 Å². The average Bonchev–Trinajstić information content (AvgIpc) is 3.19. The van der Waals surface area contributed by atoms with Crippen molar-refractivity contribution in [3.63, 3.8) is 0 Å². The standard InChI is InChI=1S/C25H33F3N4O4S2/c1-31(14-15-33)37-20-8-7-18(21(17-20)25(26,27)28)9-16-38(35,36)32-12-10-24(11-13-32)23(34)29-22(30-24)19-5-3-2-4-6-19/h7-9,16-17,19,33H,2-6,10-15H2,1H3,(H,29,30,34)/b16-9+. The van der Waals surface area contributed by atoms with Gasteiger partial charge < -0.3 is 10.4 Å². The SMILES string of the molecule is CN(CCO)Sc1ccc(/C=C/S(=O)(=O)N2CCC3(CC2)N=C(C2CCCCC2)NC3=O)c(C(F)(F)F)c1. The molecule has 8 nitrogen and oxygen atoms in total. The molecule has 1 aromatic carbocycles. The Morgan fingerprint density at radius 1 is 1.24 bits per heavy atom. The van der Waals surface area contributed by atoms with Crippen molar-refractivity contribution < 1.29 is 31.5 Å². The van der Waals surface area contributed by atoms with Gasteiger partial charge in [0.05, 0.1) is 12.2 Å². The molecule has 4 rings (SSSR count). The molecule has 2 aliphatic heterocycles. The molecule has 1 saturated carbocycles. The number of halogens is 3. The van der Waals surface area contributed by atoms with Crippen molar-refractivity contribution in [2.75, 3.05) is 33.3 Å². The molecule has 2 heterocycles. The van der Waals surface area contributed by atoms with Gasteiger partial charge in [-0.05, 0) is 68.5 Å². The largest absolute Gasteiger partial charge is 0.417 e. The maximum Gasteiger partial charge on any atom is 0.417 e. The van der Waals surface area contributed by atoms with Crippen LogP contribution in [0.4, 0.5) is 13.2 Å². The van der Waals surface area contributed by atoms with Crippen molar-refractivity contribution in [3.05, 3.63) is 34.7 Å². The molecule has 13 heteroatoms. The summed E-state index contributed by atoms with van der Waals surface area (Å²) in [5.74, 6) is 0.761. The highest BCUT2D eigenvalue weighted by atomic mass is 32.2. The average molecular weight is 575 g/mol. The fraction of sp³-hybridized carbons (Fsp3) is 0.600. The summed E-state index contributed by atoms with van der Waals surface area (Å²) >= 11 is 1.05. The maximum atomic E-state index is 13.8. The zero-order chi connectivity index (χ0) is 27.6. The van der Waals surface area contributed by atoms with Gasteiger partial charge in [-0.15, -0.1) is 0 Å². The Morgan fingerprint density at radius 3 is 2.55 bits per heavy atom. The number of carbonyl (C=O) groups excluding carboxylic acids is 1. The highest BCUT2D eigenvalue weighted by molar-refractivity contribution is 7.97. The third-order valence-corrected chi connectivity index (χ3v) is 9.85. The van der Waals surface area contributed by atoms with Gasteiger partial charge in [0.2, 0.25) is 10.0 Å². The molecule has 1 aliphatic carbocycles. The van der Waals surface area contributed by atoms with Crippen LogP contribution in [0.2, 0.25) is 0 Å². The third kappa shape index (κ3) is 6.61. The predicted octanol–water partition coefficient (Wildman–Crippen LogP) is 3.88. The number of nitrogens with one attached hydrogen (secondary N) is 1. The molecule has 0 atom stereocenters. The molecular weight excluding hydrogens is 541 g/mol. The van der Waals surface area contributed by atoms with Crippen molar-refractivity contribution in [1.29, 1.82) is 0 Å². The number of aliphatic hydroxyl groups excluding tert-OH is 1. The lowest BCUT2D eigenvalue weighted by Crippen LogP contribution is -2.50. The molecule has 1 amide bonds. The van der Waals surface area contributed by atoms with Crippen LogP contribution < -0.4 is 5.32 Å². The number of alkyl halides is 3. The van der Waals surface area contributed by atoms with E-state index < -0.39 is 27.3 Å². The van der Waals surface area contributed by atoms with Crippen LogP contribution in [-0.2, 0) is 21.0 Å². The summed E-state index contributed by atoms with van der Waals surface area (Å²) in [5, 5.41) is 12.7. The van der Waals surface area contributed by atoms with Gasteiger partial charge in [-0.1, -0.05) is 25.3 Å². The number of amidine groups is 1. The van der Waals surface area contributed by atoms with E-state index >= 15 is 0 Å². The van der Waals surface area contributed by atoms with Crippen molar-refractivity contribution in [2.45, 2.75) is 61.6 Å². The number of benzene rings is 1. The number of nitrogens with zero attached hydrogens (tertiary/aromatic N) is 3. The van der Waals surface area contributed by atoms with E-state index in [1.54, 1.807) is 11.4 Å². The zero-order valence-corrected chi connectivity index (χ0v) is 22.8. The van der Waals surface area contributed by atoms with E-state index in [-0.39, 0.29) is 56.5 Å². The van der Waals surface area contributed by atoms with E-state index in [4.69, 9.17) is 10.1 Å². The minimum atomic E-state index is -4.68. The number of aliphatic imine (C=N–C) groups is 1. The highest BCUT2D eigenvalue weighted by Gasteiger charge is 2.48. The number of amides is 1. The van der Waals surface area contributed by atoms with Crippen molar-refractivity contribution >= 4 is 39.8 Å². The van der Waals surface area contributed by atoms with Gasteiger partial charge in [-0.25, -0.2) is 12.7 Å². The first-order valence-electron chi connectivity index (χ1n) is 12.7. The molecule has 2 N–H and O–H groups in total. The van der Waals surface area contributed by atoms with Gasteiger partial charge in [-0.2, -0.15) is 17.5 Å². The fourth-order valence-corrected chi connectivity index (χ4v) is 7.17. The van der Waals surface area contributed by atoms with E-state index in [0.717, 1.165) is 61.0 Å². The lowest BCUT2D eigenvalue weighted by molar-refractivity contribution is -0.137. The molecule has 0 aromatic heterocycles. The summed E-state index contributed by atoms with van der Waals surface area (Å²) in [6.45, 7) is 0.253. The molecule has 210 valence electrons. The van der Waals surface area contributed by atoms with Crippen molar-refractivity contribution in [1.82, 2.24) is 13.9 Å². The first kappa shape index (κ1) is 29.1. The van der Waals surface area contributed by atoms with Gasteiger partial charge >= 0.3 is 6.18 Å². The summed E-state index contributed by atoms with van der Waals surface area (Å²) in [4.78, 5) is 17.9. The predicted molar refractivity (Wildman–Crippen MR) is 141 cm³/mol. The minimum Gasteiger partial charge on any atom is -0.395 e. The lowest BCUT2D eigenvalue weighted by Gasteiger charge is -2.34. The monoisotopic (exact) mass is 574 g/mol. The van der Waals surface area contributed by atoms with Crippen LogP contribution in [0.1, 0.15) is 56.1 Å². The molecular formula is C25H33F3N4O4S2. The zero-order valence-electron chi connectivity index (χ0n) is 21.2. The smallest absolute Gasteiger partial charge is 0.395 e. The van der Waals surface area contributed by atoms with Crippen LogP contribution in [0, 0.1) is 5.92 Å². The second kappa shape index (κ2) is 11.7. The van der Waals surface area contributed by atoms with E-state index in [2.05, 4.69) is 5.32 Å². The summed E-state index contributed by atoms with van der Waals surface area (Å²) < 4.78 is 70.0. The van der Waals surface area contributed by atoms with Crippen LogP contribution in [0.3, 0.4) is 0 Å². The number of likely N-dealkylation sites (N-methyl/N-ethyl adjacent to an activating group) is 1. The molecule has 38 heavy (non-hydrogen) atoms. The van der Waals surface area contributed by atoms with Crippen LogP contribution in [0.5, 0.6) is 0 Å². The number of rotatable bonds is 8. The number of hydrogen-bond donors (Lipinski definition) is 2. The van der Waals surface area contributed by atoms with E-state index in [0.29, 0.717) is 4.90 Å². The second-order valence-electron chi connectivity index (χ2n) is 9.98. The van der Waals surface area contributed by atoms with Crippen LogP contribution in [0.25, 0.3) is 6.08 Å². The Balaban J connectivity index is 1.46. The summed E-state index contributed by atoms with van der Waals surface area (Å²) in [6, 6.07) is 3.68. The number of piperidine rings is 1. The Hall–Kier alpha value is -1.93. The van der Waals surface area contributed by atoms with Gasteiger partial charge in [0, 0.05) is 35.9 Å². The molecule has 1 spiro atoms. The second-order valence-corrected chi connectivity index (χ2v) is 13.1. The van der Waals surface area contributed by atoms with Crippen LogP contribution in [0.15, 0.2) is 33.5 Å². The molecule has 0 unspecified atom stereocenters. The summed E-state index contributed by atoms with van der Waals surface area (Å²) in [5.41, 5.74) is -2.18. The number of aliphatic hydroxyl groups is 1. The quantitative estimate of drug-likeness (QED) is 0.457. The van der Waals surface area contributed by atoms with Gasteiger partial charge in [0.15, 0.2) is 0 Å². The minimum absolute atomic E-state index is 0.0560. The fourth-order valence-electron chi connectivity index (χ4n) is 5.16. The number of carbonyl (C=O) groups is 1. The number of hydrogen-bond acceptors (Lipinski definition) is 7.